The largest absolute Gasteiger partial charge is 0.456 e. The number of β-lactam (4-membered cyclic amide) rings is 1. The molecular formula is C22H18BrCl8N3O7S. The third kappa shape index (κ3) is 11.4. The zero-order valence-corrected chi connectivity index (χ0v) is 29.0. The highest BCUT2D eigenvalue weighted by Crippen LogP contribution is 2.38. The van der Waals surface area contributed by atoms with E-state index in [1.165, 1.54) is 12.1 Å². The minimum atomic E-state index is -1.97. The number of hydrogen-bond donors (Lipinski definition) is 2. The highest BCUT2D eigenvalue weighted by atomic mass is 79.9. The number of rotatable bonds is 11. The van der Waals surface area contributed by atoms with E-state index in [2.05, 4.69) is 26.6 Å². The molecule has 232 valence electrons. The molecular weight excluding hydrogens is 814 g/mol. The predicted octanol–water partition coefficient (Wildman–Crippen LogP) is 5.73. The van der Waals surface area contributed by atoms with Crippen molar-refractivity contribution in [3.05, 3.63) is 46.6 Å². The minimum Gasteiger partial charge on any atom is -0.456 e. The number of alkyl halides is 8. The summed E-state index contributed by atoms with van der Waals surface area (Å²) in [4.78, 5) is 65.2. The number of thioether (sulfide) groups is 1. The molecule has 2 unspecified atom stereocenters. The number of amides is 3. The SMILES string of the molecule is O=C(N[C@H](C(=O)NC1C(=O)N(C(C(=O)OCC(Cl)(Cl)Cl)=C(Cl)CBr)C1SC(=O)CCl)c1ccccc1)OCC(Cl)(Cl)Cl. The molecule has 0 radical (unpaired) electrons. The fraction of sp³-hybridized carbons (Fsp3) is 0.409. The number of ether oxygens (including phenoxy) is 2. The van der Waals surface area contributed by atoms with Crippen LogP contribution in [0.3, 0.4) is 0 Å². The van der Waals surface area contributed by atoms with Crippen molar-refractivity contribution in [1.82, 2.24) is 15.5 Å². The number of nitrogens with zero attached hydrogens (tertiary/aromatic N) is 1. The Labute approximate surface area is 292 Å². The number of esters is 1. The first kappa shape index (κ1) is 37.6. The molecule has 0 saturated carbocycles. The molecule has 2 N–H and O–H groups in total. The maximum atomic E-state index is 13.4. The van der Waals surface area contributed by atoms with E-state index in [-0.39, 0.29) is 10.4 Å². The summed E-state index contributed by atoms with van der Waals surface area (Å²) in [6, 6.07) is 5.11. The van der Waals surface area contributed by atoms with Gasteiger partial charge >= 0.3 is 12.1 Å². The highest BCUT2D eigenvalue weighted by molar-refractivity contribution is 9.09. The number of hydrogen-bond acceptors (Lipinski definition) is 8. The lowest BCUT2D eigenvalue weighted by molar-refractivity contribution is -0.152. The van der Waals surface area contributed by atoms with Gasteiger partial charge in [0.2, 0.25) is 18.6 Å². The van der Waals surface area contributed by atoms with Gasteiger partial charge in [-0.05, 0) is 5.56 Å². The monoisotopic (exact) mass is 827 g/mol. The van der Waals surface area contributed by atoms with Crippen LogP contribution in [0.1, 0.15) is 11.6 Å². The van der Waals surface area contributed by atoms with Gasteiger partial charge in [0.25, 0.3) is 5.91 Å². The Hall–Kier alpha value is -0.540. The summed E-state index contributed by atoms with van der Waals surface area (Å²) in [5, 5.41) is 2.69. The zero-order valence-electron chi connectivity index (χ0n) is 20.6. The molecule has 20 heteroatoms. The van der Waals surface area contributed by atoms with E-state index in [0.717, 1.165) is 4.90 Å². The first-order valence-electron chi connectivity index (χ1n) is 11.1. The van der Waals surface area contributed by atoms with Crippen molar-refractivity contribution < 1.29 is 33.4 Å². The third-order valence-electron chi connectivity index (χ3n) is 4.90. The number of benzene rings is 1. The van der Waals surface area contributed by atoms with Gasteiger partial charge in [0.15, 0.2) is 0 Å². The lowest BCUT2D eigenvalue weighted by Crippen LogP contribution is -2.70. The van der Waals surface area contributed by atoms with Crippen molar-refractivity contribution in [3.63, 3.8) is 0 Å². The lowest BCUT2D eigenvalue weighted by Gasteiger charge is -2.46. The van der Waals surface area contributed by atoms with Crippen LogP contribution in [-0.2, 0) is 28.7 Å². The van der Waals surface area contributed by atoms with Crippen LogP contribution in [0.5, 0.6) is 0 Å². The molecule has 0 aromatic heterocycles. The van der Waals surface area contributed by atoms with Crippen LogP contribution in [-0.4, -0.2) is 77.3 Å². The number of carbonyl (C=O) groups is 5. The van der Waals surface area contributed by atoms with Gasteiger partial charge in [0.05, 0.1) is 10.9 Å². The normalized spacial score (nSPS) is 18.3. The summed E-state index contributed by atoms with van der Waals surface area (Å²) in [6.07, 6.45) is -1.11. The number of alkyl carbamates (subject to hydrolysis) is 1. The van der Waals surface area contributed by atoms with Gasteiger partial charge < -0.3 is 20.1 Å². The van der Waals surface area contributed by atoms with Crippen LogP contribution in [0.15, 0.2) is 41.1 Å². The van der Waals surface area contributed by atoms with Gasteiger partial charge in [-0.15, -0.1) is 11.6 Å². The average molecular weight is 832 g/mol. The standard InChI is InChI=1S/C22H18BrCl8N3O7S/c23-6-11(25)15(19(38)40-8-21(26,27)28)34-17(37)14(18(34)42-12(35)7-24)32-16(36)13(10-4-2-1-3-5-10)33-20(39)41-9-22(29,30)31/h1-5,13-14,18H,6-9H2,(H,32,36)(H,33,39)/t13-,14?,18?/m0/s1. The number of halogens is 9. The molecule has 1 aromatic carbocycles. The van der Waals surface area contributed by atoms with Gasteiger partial charge in [-0.1, -0.05) is 139 Å². The molecule has 10 nitrogen and oxygen atoms in total. The molecule has 1 aliphatic rings. The Balaban J connectivity index is 2.36. The fourth-order valence-corrected chi connectivity index (χ4v) is 5.15. The van der Waals surface area contributed by atoms with E-state index < -0.39 is 78.8 Å². The summed E-state index contributed by atoms with van der Waals surface area (Å²) in [6.45, 7) is -1.31. The summed E-state index contributed by atoms with van der Waals surface area (Å²) < 4.78 is 5.96. The second kappa shape index (κ2) is 16.7. The Morgan fingerprint density at radius 2 is 1.57 bits per heavy atom. The molecule has 2 rings (SSSR count). The van der Waals surface area contributed by atoms with Crippen LogP contribution >= 0.6 is 120 Å². The first-order chi connectivity index (χ1) is 19.5. The van der Waals surface area contributed by atoms with E-state index >= 15 is 0 Å². The maximum Gasteiger partial charge on any atom is 0.408 e. The smallest absolute Gasteiger partial charge is 0.408 e. The van der Waals surface area contributed by atoms with E-state index in [4.69, 9.17) is 102 Å². The Morgan fingerprint density at radius 3 is 2.10 bits per heavy atom. The fourth-order valence-electron chi connectivity index (χ4n) is 3.23. The summed E-state index contributed by atoms with van der Waals surface area (Å²) in [7, 11) is 0. The average Bonchev–Trinajstić information content (AvgIpc) is 2.93. The van der Waals surface area contributed by atoms with Gasteiger partial charge in [-0.25, -0.2) is 9.59 Å². The van der Waals surface area contributed by atoms with Crippen molar-refractivity contribution >= 4 is 149 Å². The maximum absolute atomic E-state index is 13.4. The third-order valence-corrected chi connectivity index (χ3v) is 8.29. The summed E-state index contributed by atoms with van der Waals surface area (Å²) in [5.74, 6) is -3.34. The van der Waals surface area contributed by atoms with Gasteiger partial charge in [0, 0.05) is 5.33 Å². The van der Waals surface area contributed by atoms with E-state index in [9.17, 15) is 24.0 Å². The van der Waals surface area contributed by atoms with Crippen molar-refractivity contribution in [1.29, 1.82) is 0 Å². The lowest BCUT2D eigenvalue weighted by atomic mass is 10.0. The Bertz CT molecular complexity index is 1220. The molecule has 1 fully saturated rings. The summed E-state index contributed by atoms with van der Waals surface area (Å²) >= 11 is 49.3. The number of allylic oxidation sites excluding steroid dienone is 1. The van der Waals surface area contributed by atoms with Crippen molar-refractivity contribution in [3.8, 4) is 0 Å². The molecule has 3 atom stereocenters. The molecule has 42 heavy (non-hydrogen) atoms. The predicted molar refractivity (Wildman–Crippen MR) is 168 cm³/mol. The molecule has 1 heterocycles. The van der Waals surface area contributed by atoms with Crippen molar-refractivity contribution in [2.24, 2.45) is 0 Å². The molecule has 1 saturated heterocycles. The van der Waals surface area contributed by atoms with Crippen LogP contribution in [0.4, 0.5) is 4.79 Å². The topological polar surface area (TPSA) is 131 Å². The Kier molecular flexibility index (Phi) is 14.9. The number of nitrogens with one attached hydrogen (secondary N) is 2. The molecule has 0 spiro atoms. The summed E-state index contributed by atoms with van der Waals surface area (Å²) in [5.41, 5.74) is -0.171. The number of carbonyl (C=O) groups excluding carboxylic acids is 5. The van der Waals surface area contributed by atoms with E-state index in [1.807, 2.05) is 0 Å². The van der Waals surface area contributed by atoms with Crippen molar-refractivity contribution in [2.75, 3.05) is 24.4 Å². The van der Waals surface area contributed by atoms with Crippen LogP contribution in [0.2, 0.25) is 0 Å². The Morgan fingerprint density at radius 1 is 1.00 bits per heavy atom. The van der Waals surface area contributed by atoms with Gasteiger partial charge in [-0.3, -0.25) is 19.3 Å². The van der Waals surface area contributed by atoms with Gasteiger partial charge in [-0.2, -0.15) is 0 Å². The molecule has 3 amide bonds. The first-order valence-corrected chi connectivity index (χ1v) is 16.3. The van der Waals surface area contributed by atoms with Gasteiger partial charge in [0.1, 0.15) is 36.4 Å². The minimum absolute atomic E-state index is 0.106. The molecule has 1 aromatic rings. The van der Waals surface area contributed by atoms with Crippen molar-refractivity contribution in [2.45, 2.75) is 25.0 Å². The zero-order chi connectivity index (χ0) is 31.8. The van der Waals surface area contributed by atoms with E-state index in [0.29, 0.717) is 17.3 Å². The van der Waals surface area contributed by atoms with E-state index in [1.54, 1.807) is 18.2 Å². The molecule has 1 aliphatic heterocycles. The van der Waals surface area contributed by atoms with Crippen LogP contribution in [0.25, 0.3) is 0 Å². The highest BCUT2D eigenvalue weighted by Gasteiger charge is 2.54. The van der Waals surface area contributed by atoms with Crippen LogP contribution in [0, 0.1) is 0 Å². The second-order valence-corrected chi connectivity index (χ2v) is 15.5. The number of likely N-dealkylation sites (tertiary alicyclic amines) is 1. The quantitative estimate of drug-likeness (QED) is 0.125. The molecule has 0 aliphatic carbocycles. The van der Waals surface area contributed by atoms with Crippen LogP contribution < -0.4 is 10.6 Å². The second-order valence-electron chi connectivity index (χ2n) is 7.97. The molecule has 0 bridgehead atoms.